The molecular weight excluding hydrogens is 396 g/mol. The molecule has 0 aliphatic rings. The number of benzene rings is 4. The van der Waals surface area contributed by atoms with E-state index >= 15 is 0 Å². The van der Waals surface area contributed by atoms with Crippen LogP contribution in [-0.2, 0) is 12.8 Å². The Balaban J connectivity index is 1.41. The molecule has 0 saturated carbocycles. The summed E-state index contributed by atoms with van der Waals surface area (Å²) in [5.74, 6) is 6.67. The third kappa shape index (κ3) is 6.36. The molecule has 4 aromatic rings. The Morgan fingerprint density at radius 3 is 1.82 bits per heavy atom. The second-order valence-corrected chi connectivity index (χ2v) is 8.98. The molecule has 0 aromatic heterocycles. The van der Waals surface area contributed by atoms with E-state index < -0.39 is 0 Å². The van der Waals surface area contributed by atoms with Crippen molar-refractivity contribution in [2.75, 3.05) is 0 Å². The summed E-state index contributed by atoms with van der Waals surface area (Å²) in [6.45, 7) is 4.49. The molecule has 0 atom stereocenters. The lowest BCUT2D eigenvalue weighted by atomic mass is 10.00. The lowest BCUT2D eigenvalue weighted by molar-refractivity contribution is 0.667. The zero-order valence-corrected chi connectivity index (χ0v) is 20.0. The van der Waals surface area contributed by atoms with Gasteiger partial charge in [0.15, 0.2) is 0 Å². The maximum atomic E-state index is 3.34. The Bertz CT molecular complexity index is 1230. The highest BCUT2D eigenvalue weighted by Gasteiger charge is 2.00. The van der Waals surface area contributed by atoms with Gasteiger partial charge in [0.05, 0.1) is 0 Å². The predicted molar refractivity (Wildman–Crippen MR) is 144 cm³/mol. The lowest BCUT2D eigenvalue weighted by Crippen LogP contribution is -1.86. The second kappa shape index (κ2) is 11.5. The summed E-state index contributed by atoms with van der Waals surface area (Å²) < 4.78 is 0. The highest BCUT2D eigenvalue weighted by molar-refractivity contribution is 5.84. The highest BCUT2D eigenvalue weighted by atomic mass is 14.0. The van der Waals surface area contributed by atoms with Crippen LogP contribution in [0.2, 0.25) is 0 Å². The smallest absolute Gasteiger partial charge is 0.0255 e. The fourth-order valence-corrected chi connectivity index (χ4v) is 4.33. The van der Waals surface area contributed by atoms with Gasteiger partial charge in [0.2, 0.25) is 0 Å². The maximum Gasteiger partial charge on any atom is 0.0255 e. The molecule has 0 heterocycles. The molecule has 0 unspecified atom stereocenters. The minimum Gasteiger partial charge on any atom is -0.0654 e. The molecule has 0 amide bonds. The van der Waals surface area contributed by atoms with Crippen LogP contribution in [0.15, 0.2) is 84.9 Å². The van der Waals surface area contributed by atoms with Gasteiger partial charge in [0.1, 0.15) is 0 Å². The average Bonchev–Trinajstić information content (AvgIpc) is 2.86. The van der Waals surface area contributed by atoms with Crippen molar-refractivity contribution in [3.05, 3.63) is 107 Å². The van der Waals surface area contributed by atoms with Gasteiger partial charge in [0, 0.05) is 11.1 Å². The molecule has 166 valence electrons. The van der Waals surface area contributed by atoms with Gasteiger partial charge >= 0.3 is 0 Å². The molecule has 0 aliphatic carbocycles. The van der Waals surface area contributed by atoms with Gasteiger partial charge in [-0.2, -0.15) is 0 Å². The quantitative estimate of drug-likeness (QED) is 0.193. The normalized spacial score (nSPS) is 10.7. The van der Waals surface area contributed by atoms with Crippen LogP contribution >= 0.6 is 0 Å². The first-order valence-electron chi connectivity index (χ1n) is 12.5. The van der Waals surface area contributed by atoms with Gasteiger partial charge < -0.3 is 0 Å². The van der Waals surface area contributed by atoms with Gasteiger partial charge in [-0.1, -0.05) is 112 Å². The number of hydrogen-bond acceptors (Lipinski definition) is 0. The predicted octanol–water partition coefficient (Wildman–Crippen LogP) is 8.98. The van der Waals surface area contributed by atoms with Crippen LogP contribution in [0.5, 0.6) is 0 Å². The first-order valence-corrected chi connectivity index (χ1v) is 12.5. The first-order chi connectivity index (χ1) is 16.2. The molecule has 0 saturated heterocycles. The van der Waals surface area contributed by atoms with Crippen molar-refractivity contribution in [3.63, 3.8) is 0 Å². The summed E-state index contributed by atoms with van der Waals surface area (Å²) in [6, 6.07) is 30.9. The van der Waals surface area contributed by atoms with Crippen molar-refractivity contribution < 1.29 is 0 Å². The zero-order chi connectivity index (χ0) is 22.9. The van der Waals surface area contributed by atoms with Crippen molar-refractivity contribution in [2.45, 2.75) is 58.8 Å². The van der Waals surface area contributed by atoms with Gasteiger partial charge in [-0.25, -0.2) is 0 Å². The van der Waals surface area contributed by atoms with Crippen LogP contribution in [0, 0.1) is 11.8 Å². The summed E-state index contributed by atoms with van der Waals surface area (Å²) in [5, 5.41) is 2.55. The molecule has 0 radical (unpaired) electrons. The molecular formula is C33H34. The molecule has 4 rings (SSSR count). The molecule has 33 heavy (non-hydrogen) atoms. The Labute approximate surface area is 199 Å². The molecule has 0 spiro atoms. The van der Waals surface area contributed by atoms with E-state index in [2.05, 4.69) is 111 Å². The lowest BCUT2D eigenvalue weighted by Gasteiger charge is -2.05. The maximum absolute atomic E-state index is 3.34. The van der Waals surface area contributed by atoms with Gasteiger partial charge in [-0.15, -0.1) is 0 Å². The van der Waals surface area contributed by atoms with Crippen LogP contribution in [-0.4, -0.2) is 0 Å². The highest BCUT2D eigenvalue weighted by Crippen LogP contribution is 2.22. The van der Waals surface area contributed by atoms with E-state index in [1.807, 2.05) is 0 Å². The SMILES string of the molecule is CCCCCCc1ccc(-c2ccc(C#Cc3ccc4cc(CCC)ccc4c3)cc2)cc1. The Morgan fingerprint density at radius 2 is 1.09 bits per heavy atom. The van der Waals surface area contributed by atoms with Gasteiger partial charge in [-0.3, -0.25) is 0 Å². The van der Waals surface area contributed by atoms with Crippen molar-refractivity contribution in [1.29, 1.82) is 0 Å². The largest absolute Gasteiger partial charge is 0.0654 e. The van der Waals surface area contributed by atoms with E-state index in [0.717, 1.165) is 17.5 Å². The average molecular weight is 431 g/mol. The van der Waals surface area contributed by atoms with Crippen LogP contribution in [0.4, 0.5) is 0 Å². The Morgan fingerprint density at radius 1 is 0.485 bits per heavy atom. The van der Waals surface area contributed by atoms with E-state index in [4.69, 9.17) is 0 Å². The molecule has 0 heteroatoms. The topological polar surface area (TPSA) is 0 Å². The van der Waals surface area contributed by atoms with Crippen molar-refractivity contribution in [3.8, 4) is 23.0 Å². The Hall–Kier alpha value is -3.30. The van der Waals surface area contributed by atoms with Crippen molar-refractivity contribution in [2.24, 2.45) is 0 Å². The van der Waals surface area contributed by atoms with Crippen molar-refractivity contribution >= 4 is 10.8 Å². The minimum absolute atomic E-state index is 1.05. The third-order valence-corrected chi connectivity index (χ3v) is 6.29. The van der Waals surface area contributed by atoms with E-state index in [9.17, 15) is 0 Å². The van der Waals surface area contributed by atoms with Crippen LogP contribution in [0.1, 0.15) is 68.2 Å². The number of unbranched alkanes of at least 4 members (excludes halogenated alkanes) is 3. The standard InChI is InChI=1S/C33H34/c1-3-5-6-7-9-26-12-18-30(19-13-26)31-20-14-27(15-21-31)10-11-29-17-23-32-24-28(8-4-2)16-22-33(32)25-29/h12-25H,3-9H2,1-2H3. The number of fused-ring (bicyclic) bond motifs is 1. The number of rotatable bonds is 8. The second-order valence-electron chi connectivity index (χ2n) is 8.98. The fraction of sp³-hybridized carbons (Fsp3) is 0.273. The van der Waals surface area contributed by atoms with Gasteiger partial charge in [0.25, 0.3) is 0 Å². The van der Waals surface area contributed by atoms with E-state index in [1.54, 1.807) is 0 Å². The van der Waals surface area contributed by atoms with E-state index in [1.165, 1.54) is 71.6 Å². The van der Waals surface area contributed by atoms with Crippen LogP contribution in [0.3, 0.4) is 0 Å². The Kier molecular flexibility index (Phi) is 7.99. The number of hydrogen-bond donors (Lipinski definition) is 0. The molecule has 0 bridgehead atoms. The molecule has 0 N–H and O–H groups in total. The summed E-state index contributed by atoms with van der Waals surface area (Å²) in [6.07, 6.45) is 8.76. The summed E-state index contributed by atoms with van der Waals surface area (Å²) in [7, 11) is 0. The molecule has 4 aromatic carbocycles. The minimum atomic E-state index is 1.05. The molecule has 0 fully saturated rings. The van der Waals surface area contributed by atoms with Gasteiger partial charge in [-0.05, 0) is 76.6 Å². The summed E-state index contributed by atoms with van der Waals surface area (Å²) in [5.41, 5.74) is 7.46. The summed E-state index contributed by atoms with van der Waals surface area (Å²) >= 11 is 0. The molecule has 0 aliphatic heterocycles. The molecule has 0 nitrogen and oxygen atoms in total. The van der Waals surface area contributed by atoms with E-state index in [0.29, 0.717) is 0 Å². The number of aryl methyl sites for hydroxylation is 2. The third-order valence-electron chi connectivity index (χ3n) is 6.29. The monoisotopic (exact) mass is 430 g/mol. The van der Waals surface area contributed by atoms with Crippen molar-refractivity contribution in [1.82, 2.24) is 0 Å². The first kappa shape index (κ1) is 22.9. The van der Waals surface area contributed by atoms with Crippen LogP contribution in [0.25, 0.3) is 21.9 Å². The van der Waals surface area contributed by atoms with E-state index in [-0.39, 0.29) is 0 Å². The van der Waals surface area contributed by atoms with Crippen LogP contribution < -0.4 is 0 Å². The fourth-order valence-electron chi connectivity index (χ4n) is 4.33. The summed E-state index contributed by atoms with van der Waals surface area (Å²) in [4.78, 5) is 0. The zero-order valence-electron chi connectivity index (χ0n) is 20.0.